The third kappa shape index (κ3) is 2.35. The average molecular weight is 288 g/mol. The highest BCUT2D eigenvalue weighted by Crippen LogP contribution is 2.17. The number of halogens is 1. The predicted molar refractivity (Wildman–Crippen MR) is 81.0 cm³/mol. The Bertz CT molecular complexity index is 802. The van der Waals surface area contributed by atoms with Gasteiger partial charge in [-0.3, -0.25) is 4.57 Å². The number of nitrogens with zero attached hydrogens (tertiary/aromatic N) is 1. The molecule has 0 fully saturated rings. The van der Waals surface area contributed by atoms with Crippen LogP contribution in [0.1, 0.15) is 11.1 Å². The summed E-state index contributed by atoms with van der Waals surface area (Å²) in [6.45, 7) is 1.02. The number of nitrogens with two attached hydrogens (primary N) is 1. The van der Waals surface area contributed by atoms with Crippen LogP contribution in [0.4, 0.5) is 0 Å². The lowest BCUT2D eigenvalue weighted by Gasteiger charge is -2.05. The molecule has 0 radical (unpaired) electrons. The number of imidazole rings is 1. The Hall–Kier alpha value is -2.04. The molecule has 4 nitrogen and oxygen atoms in total. The van der Waals surface area contributed by atoms with Crippen LogP contribution in [0.5, 0.6) is 0 Å². The molecule has 5 heteroatoms. The molecule has 0 atom stereocenters. The normalized spacial score (nSPS) is 11.1. The molecule has 0 spiro atoms. The van der Waals surface area contributed by atoms with Crippen molar-refractivity contribution >= 4 is 22.6 Å². The minimum absolute atomic E-state index is 0.134. The van der Waals surface area contributed by atoms with Crippen molar-refractivity contribution in [1.82, 2.24) is 9.55 Å². The Labute approximate surface area is 120 Å². The first-order valence-corrected chi connectivity index (χ1v) is 6.71. The molecule has 0 bridgehead atoms. The summed E-state index contributed by atoms with van der Waals surface area (Å²) in [5.41, 5.74) is 9.16. The largest absolute Gasteiger partial charge is 0.326 e. The fraction of sp³-hybridized carbons (Fsp3) is 0.133. The molecule has 3 aromatic rings. The average Bonchev–Trinajstić information content (AvgIpc) is 2.76. The molecule has 0 aliphatic rings. The molecular weight excluding hydrogens is 274 g/mol. The Kier molecular flexibility index (Phi) is 3.34. The van der Waals surface area contributed by atoms with Crippen LogP contribution >= 0.6 is 11.6 Å². The van der Waals surface area contributed by atoms with Gasteiger partial charge in [-0.25, -0.2) is 4.79 Å². The number of nitrogens with one attached hydrogen (secondary N) is 1. The lowest BCUT2D eigenvalue weighted by molar-refractivity contribution is 0.786. The van der Waals surface area contributed by atoms with Gasteiger partial charge in [0.05, 0.1) is 17.6 Å². The van der Waals surface area contributed by atoms with Crippen LogP contribution in [0.25, 0.3) is 11.0 Å². The molecule has 20 heavy (non-hydrogen) atoms. The van der Waals surface area contributed by atoms with E-state index >= 15 is 0 Å². The number of benzene rings is 2. The third-order valence-electron chi connectivity index (χ3n) is 3.34. The van der Waals surface area contributed by atoms with Gasteiger partial charge >= 0.3 is 5.69 Å². The Morgan fingerprint density at radius 2 is 1.80 bits per heavy atom. The second kappa shape index (κ2) is 5.15. The number of fused-ring (bicyclic) bond motifs is 1. The molecule has 1 heterocycles. The van der Waals surface area contributed by atoms with Gasteiger partial charge in [0.2, 0.25) is 0 Å². The molecule has 2 aromatic carbocycles. The van der Waals surface area contributed by atoms with Gasteiger partial charge in [-0.05, 0) is 29.3 Å². The summed E-state index contributed by atoms with van der Waals surface area (Å²) in [4.78, 5) is 14.8. The summed E-state index contributed by atoms with van der Waals surface area (Å²) in [7, 11) is 0. The summed E-state index contributed by atoms with van der Waals surface area (Å²) in [5, 5.41) is 0.615. The molecule has 102 valence electrons. The summed E-state index contributed by atoms with van der Waals surface area (Å²) in [5.74, 6) is 0. The van der Waals surface area contributed by atoms with Crippen molar-refractivity contribution in [3.05, 3.63) is 69.1 Å². The smallest absolute Gasteiger partial charge is 0.326 e. The van der Waals surface area contributed by atoms with E-state index in [0.29, 0.717) is 18.1 Å². The van der Waals surface area contributed by atoms with Gasteiger partial charge in [-0.15, -0.1) is 0 Å². The Morgan fingerprint density at radius 3 is 2.50 bits per heavy atom. The number of aromatic amines is 1. The zero-order chi connectivity index (χ0) is 14.1. The van der Waals surface area contributed by atoms with E-state index in [9.17, 15) is 4.79 Å². The van der Waals surface area contributed by atoms with Crippen LogP contribution in [-0.4, -0.2) is 9.55 Å². The second-order valence-corrected chi connectivity index (χ2v) is 5.13. The minimum atomic E-state index is -0.134. The van der Waals surface area contributed by atoms with E-state index in [1.807, 2.05) is 30.3 Å². The minimum Gasteiger partial charge on any atom is -0.326 e. The number of aromatic nitrogens is 2. The quantitative estimate of drug-likeness (QED) is 0.777. The van der Waals surface area contributed by atoms with Crippen LogP contribution in [-0.2, 0) is 13.1 Å². The topological polar surface area (TPSA) is 63.8 Å². The highest BCUT2D eigenvalue weighted by atomic mass is 35.5. The molecule has 3 N–H and O–H groups in total. The van der Waals surface area contributed by atoms with Gasteiger partial charge in [0.15, 0.2) is 0 Å². The van der Waals surface area contributed by atoms with E-state index in [0.717, 1.165) is 22.2 Å². The van der Waals surface area contributed by atoms with E-state index in [4.69, 9.17) is 17.3 Å². The fourth-order valence-electron chi connectivity index (χ4n) is 2.25. The lowest BCUT2D eigenvalue weighted by Crippen LogP contribution is -2.17. The van der Waals surface area contributed by atoms with Gasteiger partial charge in [-0.1, -0.05) is 35.9 Å². The Balaban J connectivity index is 2.03. The van der Waals surface area contributed by atoms with Crippen molar-refractivity contribution in [1.29, 1.82) is 0 Å². The van der Waals surface area contributed by atoms with Crippen LogP contribution in [0.3, 0.4) is 0 Å². The van der Waals surface area contributed by atoms with Crippen molar-refractivity contribution in [2.75, 3.05) is 0 Å². The molecule has 0 aliphatic heterocycles. The van der Waals surface area contributed by atoms with Gasteiger partial charge < -0.3 is 10.7 Å². The first-order valence-electron chi connectivity index (χ1n) is 6.33. The number of H-pyrrole nitrogens is 1. The number of rotatable bonds is 3. The van der Waals surface area contributed by atoms with E-state index < -0.39 is 0 Å². The first kappa shape index (κ1) is 13.0. The van der Waals surface area contributed by atoms with Crippen LogP contribution in [0.2, 0.25) is 5.02 Å². The van der Waals surface area contributed by atoms with Crippen molar-refractivity contribution < 1.29 is 0 Å². The maximum Gasteiger partial charge on any atom is 0.326 e. The zero-order valence-electron chi connectivity index (χ0n) is 10.8. The lowest BCUT2D eigenvalue weighted by atomic mass is 10.1. The van der Waals surface area contributed by atoms with Crippen molar-refractivity contribution in [3.63, 3.8) is 0 Å². The Morgan fingerprint density at radius 1 is 1.10 bits per heavy atom. The summed E-state index contributed by atoms with van der Waals surface area (Å²) in [6, 6.07) is 13.3. The summed E-state index contributed by atoms with van der Waals surface area (Å²) < 4.78 is 1.68. The van der Waals surface area contributed by atoms with Gasteiger partial charge in [0.25, 0.3) is 0 Å². The highest BCUT2D eigenvalue weighted by Gasteiger charge is 2.07. The van der Waals surface area contributed by atoms with E-state index in [2.05, 4.69) is 4.98 Å². The number of hydrogen-bond donors (Lipinski definition) is 2. The molecule has 3 rings (SSSR count). The molecule has 0 saturated heterocycles. The van der Waals surface area contributed by atoms with Crippen molar-refractivity contribution in [2.45, 2.75) is 13.1 Å². The van der Waals surface area contributed by atoms with Gasteiger partial charge in [0, 0.05) is 11.6 Å². The predicted octanol–water partition coefficient (Wildman–Crippen LogP) is 2.49. The molecule has 0 amide bonds. The maximum atomic E-state index is 12.0. The summed E-state index contributed by atoms with van der Waals surface area (Å²) >= 11 is 6.00. The van der Waals surface area contributed by atoms with E-state index in [1.54, 1.807) is 16.7 Å². The molecular formula is C15H14ClN3O. The molecule has 1 aromatic heterocycles. The molecule has 0 aliphatic carbocycles. The van der Waals surface area contributed by atoms with E-state index in [1.165, 1.54) is 0 Å². The first-order chi connectivity index (χ1) is 9.67. The number of hydrogen-bond acceptors (Lipinski definition) is 2. The van der Waals surface area contributed by atoms with Crippen LogP contribution in [0, 0.1) is 0 Å². The standard InChI is InChI=1S/C15H14ClN3O/c16-12-5-6-13-14(7-12)19(15(20)18-13)9-11-3-1-10(8-17)2-4-11/h1-7H,8-9,17H2,(H,18,20). The van der Waals surface area contributed by atoms with Gasteiger partial charge in [-0.2, -0.15) is 0 Å². The van der Waals surface area contributed by atoms with E-state index in [-0.39, 0.29) is 5.69 Å². The fourth-order valence-corrected chi connectivity index (χ4v) is 2.41. The van der Waals surface area contributed by atoms with Crippen molar-refractivity contribution in [2.24, 2.45) is 5.73 Å². The molecule has 0 unspecified atom stereocenters. The molecule has 0 saturated carbocycles. The zero-order valence-corrected chi connectivity index (χ0v) is 11.5. The van der Waals surface area contributed by atoms with Crippen molar-refractivity contribution in [3.8, 4) is 0 Å². The third-order valence-corrected chi connectivity index (χ3v) is 3.57. The SMILES string of the molecule is NCc1ccc(Cn2c(=O)[nH]c3ccc(Cl)cc32)cc1. The maximum absolute atomic E-state index is 12.0. The summed E-state index contributed by atoms with van der Waals surface area (Å²) in [6.07, 6.45) is 0. The van der Waals surface area contributed by atoms with Crippen LogP contribution in [0.15, 0.2) is 47.3 Å². The highest BCUT2D eigenvalue weighted by molar-refractivity contribution is 6.31. The monoisotopic (exact) mass is 287 g/mol. The van der Waals surface area contributed by atoms with Gasteiger partial charge in [0.1, 0.15) is 0 Å². The van der Waals surface area contributed by atoms with Crippen LogP contribution < -0.4 is 11.4 Å². The second-order valence-electron chi connectivity index (χ2n) is 4.70.